The van der Waals surface area contributed by atoms with Crippen LogP contribution in [0.25, 0.3) is 16.5 Å². The van der Waals surface area contributed by atoms with Crippen LogP contribution < -0.4 is 10.5 Å². The van der Waals surface area contributed by atoms with Crippen molar-refractivity contribution < 1.29 is 5.11 Å². The Balaban J connectivity index is 1.51. The number of aliphatic hydroxyl groups is 1. The molecule has 1 aromatic heterocycles. The van der Waals surface area contributed by atoms with Crippen molar-refractivity contribution in [2.24, 2.45) is 0 Å². The van der Waals surface area contributed by atoms with E-state index in [9.17, 15) is 15.2 Å². The summed E-state index contributed by atoms with van der Waals surface area (Å²) in [6, 6.07) is 19.1. The lowest BCUT2D eigenvalue weighted by Gasteiger charge is -2.36. The zero-order valence-electron chi connectivity index (χ0n) is 15.9. The second kappa shape index (κ2) is 8.17. The van der Waals surface area contributed by atoms with Gasteiger partial charge in [-0.15, -0.1) is 0 Å². The highest BCUT2D eigenvalue weighted by Crippen LogP contribution is 2.18. The van der Waals surface area contributed by atoms with Crippen LogP contribution in [0, 0.1) is 11.3 Å². The number of fused-ring (bicyclic) bond motifs is 1. The third-order valence-corrected chi connectivity index (χ3v) is 5.12. The molecule has 2 N–H and O–H groups in total. The fourth-order valence-corrected chi connectivity index (χ4v) is 3.55. The monoisotopic (exact) mass is 387 g/mol. The minimum Gasteiger partial charge on any atom is -0.509 e. The summed E-state index contributed by atoms with van der Waals surface area (Å²) in [4.78, 5) is 23.6. The zero-order valence-corrected chi connectivity index (χ0v) is 15.9. The number of piperazine rings is 1. The van der Waals surface area contributed by atoms with Gasteiger partial charge in [-0.05, 0) is 24.3 Å². The molecule has 7 heteroatoms. The molecule has 1 fully saturated rings. The standard InChI is InChI=1S/C22H21N5O2/c23-14-18(21-24-19-9-5-4-8-17(19)22(29)25-21)20(28)15-26-10-12-27(13-11-26)16-6-2-1-3-7-16/h1-9,28H,10-13,15H2,(H,24,25,29)/b20-18-. The van der Waals surface area contributed by atoms with Gasteiger partial charge in [0.2, 0.25) is 0 Å². The first-order valence-electron chi connectivity index (χ1n) is 9.49. The second-order valence-electron chi connectivity index (χ2n) is 6.96. The summed E-state index contributed by atoms with van der Waals surface area (Å²) in [7, 11) is 0. The number of para-hydroxylation sites is 2. The van der Waals surface area contributed by atoms with E-state index in [0.717, 1.165) is 26.2 Å². The van der Waals surface area contributed by atoms with Crippen molar-refractivity contribution >= 4 is 22.2 Å². The number of rotatable bonds is 4. The second-order valence-corrected chi connectivity index (χ2v) is 6.96. The van der Waals surface area contributed by atoms with Crippen molar-refractivity contribution in [1.29, 1.82) is 5.26 Å². The van der Waals surface area contributed by atoms with Gasteiger partial charge in [0.05, 0.1) is 17.4 Å². The number of aromatic amines is 1. The van der Waals surface area contributed by atoms with Gasteiger partial charge in [-0.2, -0.15) is 5.26 Å². The minimum atomic E-state index is -0.331. The molecule has 29 heavy (non-hydrogen) atoms. The normalized spacial score (nSPS) is 15.8. The number of allylic oxidation sites excluding steroid dienone is 1. The Bertz CT molecular complexity index is 1140. The van der Waals surface area contributed by atoms with Crippen molar-refractivity contribution in [2.75, 3.05) is 37.6 Å². The summed E-state index contributed by atoms with van der Waals surface area (Å²) in [5, 5.41) is 20.6. The maximum atomic E-state index is 12.3. The highest BCUT2D eigenvalue weighted by atomic mass is 16.3. The number of nitrogens with one attached hydrogen (secondary N) is 1. The summed E-state index contributed by atoms with van der Waals surface area (Å²) in [5.41, 5.74) is 1.34. The number of H-pyrrole nitrogens is 1. The van der Waals surface area contributed by atoms with Gasteiger partial charge in [0.15, 0.2) is 5.82 Å². The Morgan fingerprint density at radius 3 is 2.48 bits per heavy atom. The van der Waals surface area contributed by atoms with E-state index in [1.165, 1.54) is 5.69 Å². The highest BCUT2D eigenvalue weighted by molar-refractivity contribution is 5.81. The molecule has 0 unspecified atom stereocenters. The molecule has 1 aliphatic heterocycles. The smallest absolute Gasteiger partial charge is 0.259 e. The average molecular weight is 387 g/mol. The third-order valence-electron chi connectivity index (χ3n) is 5.12. The minimum absolute atomic E-state index is 0.00154. The predicted octanol–water partition coefficient (Wildman–Crippen LogP) is 2.54. The highest BCUT2D eigenvalue weighted by Gasteiger charge is 2.20. The molecule has 3 aromatic rings. The molecule has 0 saturated carbocycles. The predicted molar refractivity (Wildman–Crippen MR) is 113 cm³/mol. The van der Waals surface area contributed by atoms with E-state index in [4.69, 9.17) is 0 Å². The van der Waals surface area contributed by atoms with Crippen LogP contribution in [0.5, 0.6) is 0 Å². The number of aromatic nitrogens is 2. The molecule has 7 nitrogen and oxygen atoms in total. The van der Waals surface area contributed by atoms with E-state index < -0.39 is 0 Å². The van der Waals surface area contributed by atoms with E-state index >= 15 is 0 Å². The Labute approximate surface area is 168 Å². The number of anilines is 1. The average Bonchev–Trinajstić information content (AvgIpc) is 2.75. The summed E-state index contributed by atoms with van der Waals surface area (Å²) in [6.07, 6.45) is 0. The lowest BCUT2D eigenvalue weighted by molar-refractivity contribution is 0.239. The molecule has 146 valence electrons. The molecule has 0 atom stereocenters. The Kier molecular flexibility index (Phi) is 5.27. The van der Waals surface area contributed by atoms with E-state index in [1.54, 1.807) is 24.3 Å². The molecule has 0 spiro atoms. The van der Waals surface area contributed by atoms with E-state index in [-0.39, 0.29) is 29.3 Å². The molecule has 0 bridgehead atoms. The van der Waals surface area contributed by atoms with Crippen molar-refractivity contribution in [2.45, 2.75) is 0 Å². The number of nitriles is 1. The van der Waals surface area contributed by atoms with Crippen molar-refractivity contribution in [3.05, 3.63) is 76.5 Å². The lowest BCUT2D eigenvalue weighted by Crippen LogP contribution is -2.47. The molecular weight excluding hydrogens is 366 g/mol. The van der Waals surface area contributed by atoms with Crippen LogP contribution in [0.1, 0.15) is 5.82 Å². The van der Waals surface area contributed by atoms with Crippen molar-refractivity contribution in [3.63, 3.8) is 0 Å². The molecule has 0 radical (unpaired) electrons. The van der Waals surface area contributed by atoms with Crippen LogP contribution in [-0.2, 0) is 0 Å². The van der Waals surface area contributed by atoms with Crippen LogP contribution in [0.2, 0.25) is 0 Å². The number of hydrogen-bond acceptors (Lipinski definition) is 6. The summed E-state index contributed by atoms with van der Waals surface area (Å²) >= 11 is 0. The Morgan fingerprint density at radius 1 is 1.07 bits per heavy atom. The quantitative estimate of drug-likeness (QED) is 0.528. The first-order chi connectivity index (χ1) is 14.2. The fraction of sp³-hybridized carbons (Fsp3) is 0.227. The maximum absolute atomic E-state index is 12.3. The van der Waals surface area contributed by atoms with Crippen LogP contribution in [0.15, 0.2) is 65.2 Å². The largest absolute Gasteiger partial charge is 0.509 e. The number of aliphatic hydroxyl groups excluding tert-OH is 1. The van der Waals surface area contributed by atoms with E-state index in [2.05, 4.69) is 31.9 Å². The van der Waals surface area contributed by atoms with E-state index in [1.807, 2.05) is 24.3 Å². The number of benzene rings is 2. The third kappa shape index (κ3) is 3.98. The van der Waals surface area contributed by atoms with Crippen LogP contribution in [-0.4, -0.2) is 52.7 Å². The summed E-state index contributed by atoms with van der Waals surface area (Å²) in [5.74, 6) is 0.00992. The van der Waals surface area contributed by atoms with Gasteiger partial charge >= 0.3 is 0 Å². The number of hydrogen-bond donors (Lipinski definition) is 2. The van der Waals surface area contributed by atoms with Crippen LogP contribution >= 0.6 is 0 Å². The van der Waals surface area contributed by atoms with Gasteiger partial charge in [-0.1, -0.05) is 30.3 Å². The van der Waals surface area contributed by atoms with Crippen LogP contribution in [0.3, 0.4) is 0 Å². The fourth-order valence-electron chi connectivity index (χ4n) is 3.55. The SMILES string of the molecule is N#C/C(=C(/O)CN1CCN(c2ccccc2)CC1)c1nc2ccccc2c(=O)[nH]1. The number of nitrogens with zero attached hydrogens (tertiary/aromatic N) is 4. The van der Waals surface area contributed by atoms with Gasteiger partial charge in [-0.25, -0.2) is 4.98 Å². The topological polar surface area (TPSA) is 96.2 Å². The first-order valence-corrected chi connectivity index (χ1v) is 9.49. The molecule has 1 aliphatic rings. The molecule has 2 aromatic carbocycles. The zero-order chi connectivity index (χ0) is 20.2. The molecule has 1 saturated heterocycles. The molecule has 0 amide bonds. The van der Waals surface area contributed by atoms with Crippen molar-refractivity contribution in [3.8, 4) is 6.07 Å². The molecule has 2 heterocycles. The van der Waals surface area contributed by atoms with Gasteiger partial charge in [0.1, 0.15) is 17.4 Å². The maximum Gasteiger partial charge on any atom is 0.259 e. The van der Waals surface area contributed by atoms with Gasteiger partial charge in [0.25, 0.3) is 5.56 Å². The lowest BCUT2D eigenvalue weighted by atomic mass is 10.2. The molecular formula is C22H21N5O2. The van der Waals surface area contributed by atoms with E-state index in [0.29, 0.717) is 10.9 Å². The first kappa shape index (κ1) is 18.7. The summed E-state index contributed by atoms with van der Waals surface area (Å²) in [6.45, 7) is 3.44. The van der Waals surface area contributed by atoms with Gasteiger partial charge < -0.3 is 15.0 Å². The van der Waals surface area contributed by atoms with Gasteiger partial charge in [-0.3, -0.25) is 9.69 Å². The Morgan fingerprint density at radius 2 is 1.76 bits per heavy atom. The van der Waals surface area contributed by atoms with Crippen LogP contribution in [0.4, 0.5) is 5.69 Å². The molecule has 0 aliphatic carbocycles. The van der Waals surface area contributed by atoms with Crippen molar-refractivity contribution in [1.82, 2.24) is 14.9 Å². The van der Waals surface area contributed by atoms with Gasteiger partial charge in [0, 0.05) is 31.9 Å². The molecule has 4 rings (SSSR count). The Hall–Kier alpha value is -3.63. The summed E-state index contributed by atoms with van der Waals surface area (Å²) < 4.78 is 0.